The minimum Gasteiger partial charge on any atom is -0.457 e. The number of nitrogens with zero attached hydrogens (tertiary/aromatic N) is 2. The lowest BCUT2D eigenvalue weighted by atomic mass is 10.3. The van der Waals surface area contributed by atoms with Crippen molar-refractivity contribution in [3.63, 3.8) is 0 Å². The molecule has 4 nitrogen and oxygen atoms in total. The van der Waals surface area contributed by atoms with Crippen LogP contribution in [0.15, 0.2) is 81.7 Å². The van der Waals surface area contributed by atoms with Gasteiger partial charge in [-0.3, -0.25) is 0 Å². The Bertz CT molecular complexity index is 852. The second-order valence-corrected chi connectivity index (χ2v) is 7.60. The Morgan fingerprint density at radius 1 is 0.680 bits per heavy atom. The molecule has 0 amide bonds. The molecule has 0 radical (unpaired) electrons. The van der Waals surface area contributed by atoms with Crippen molar-refractivity contribution in [1.82, 2.24) is 9.97 Å². The normalized spacial score (nSPS) is 9.80. The first-order valence-corrected chi connectivity index (χ1v) is 9.80. The molecule has 2 heterocycles. The number of hydrogen-bond acceptors (Lipinski definition) is 6. The van der Waals surface area contributed by atoms with E-state index in [1.165, 1.54) is 11.3 Å². The predicted molar refractivity (Wildman–Crippen MR) is 105 cm³/mol. The van der Waals surface area contributed by atoms with E-state index in [2.05, 4.69) is 25.9 Å². The summed E-state index contributed by atoms with van der Waals surface area (Å²) in [6.45, 7) is 0. The average Bonchev–Trinajstić information content (AvgIpc) is 3.32. The lowest BCUT2D eigenvalue weighted by Crippen LogP contribution is -1.85. The van der Waals surface area contributed by atoms with Crippen molar-refractivity contribution in [3.8, 4) is 22.4 Å². The van der Waals surface area contributed by atoms with Gasteiger partial charge in [-0.15, -0.1) is 11.3 Å². The molecule has 0 aliphatic heterocycles. The van der Waals surface area contributed by atoms with Crippen molar-refractivity contribution < 1.29 is 9.47 Å². The number of para-hydroxylation sites is 1. The van der Waals surface area contributed by atoms with Crippen molar-refractivity contribution in [2.45, 2.75) is 0 Å². The van der Waals surface area contributed by atoms with Crippen molar-refractivity contribution >= 4 is 38.6 Å². The summed E-state index contributed by atoms with van der Waals surface area (Å²) in [5.41, 5.74) is 0. The summed E-state index contributed by atoms with van der Waals surface area (Å²) in [4.78, 5) is 7.92. The van der Waals surface area contributed by atoms with Crippen molar-refractivity contribution in [2.75, 3.05) is 0 Å². The number of aromatic nitrogens is 2. The van der Waals surface area contributed by atoms with Gasteiger partial charge in [0, 0.05) is 23.2 Å². The fourth-order valence-electron chi connectivity index (χ4n) is 1.77. The van der Waals surface area contributed by atoms with Crippen LogP contribution < -0.4 is 9.47 Å². The Balaban J connectivity index is 0.000000258. The summed E-state index contributed by atoms with van der Waals surface area (Å²) >= 11 is 6.23. The molecule has 2 aromatic heterocycles. The van der Waals surface area contributed by atoms with Gasteiger partial charge >= 0.3 is 0 Å². The van der Waals surface area contributed by atoms with Crippen LogP contribution in [0.5, 0.6) is 22.4 Å². The maximum absolute atomic E-state index is 5.70. The van der Waals surface area contributed by atoms with Crippen molar-refractivity contribution in [3.05, 3.63) is 81.7 Å². The van der Waals surface area contributed by atoms with E-state index >= 15 is 0 Å². The molecule has 0 aliphatic rings. The van der Waals surface area contributed by atoms with E-state index in [1.54, 1.807) is 23.7 Å². The van der Waals surface area contributed by atoms with E-state index in [1.807, 2.05) is 65.4 Å². The molecule has 0 spiro atoms. The van der Waals surface area contributed by atoms with Gasteiger partial charge in [0.25, 0.3) is 5.19 Å². The molecule has 4 aromatic rings. The molecule has 0 atom stereocenters. The quantitative estimate of drug-likeness (QED) is 0.362. The van der Waals surface area contributed by atoms with E-state index in [0.717, 1.165) is 21.2 Å². The molecule has 2 aromatic carbocycles. The standard InChI is InChI=1S/C15H11NO2S.C3H2BrNS/c1-2-4-12(5-3-1)17-13-6-8-14(9-7-13)18-15-16-10-11-19-15;4-3-5-1-2-6-3/h1-11H;1-2H. The third-order valence-electron chi connectivity index (χ3n) is 2.82. The highest BCUT2D eigenvalue weighted by Gasteiger charge is 2.01. The van der Waals surface area contributed by atoms with Gasteiger partial charge in [-0.1, -0.05) is 29.5 Å². The predicted octanol–water partition coefficient (Wildman–Crippen LogP) is 6.63. The maximum Gasteiger partial charge on any atom is 0.278 e. The number of hydrogen-bond donors (Lipinski definition) is 0. The van der Waals surface area contributed by atoms with Gasteiger partial charge in [-0.05, 0) is 52.3 Å². The van der Waals surface area contributed by atoms with Crippen molar-refractivity contribution in [1.29, 1.82) is 0 Å². The largest absolute Gasteiger partial charge is 0.457 e. The van der Waals surface area contributed by atoms with Gasteiger partial charge < -0.3 is 9.47 Å². The van der Waals surface area contributed by atoms with Gasteiger partial charge in [0.2, 0.25) is 0 Å². The monoisotopic (exact) mass is 432 g/mol. The molecule has 7 heteroatoms. The van der Waals surface area contributed by atoms with Gasteiger partial charge in [-0.25, -0.2) is 9.97 Å². The molecule has 4 rings (SSSR count). The van der Waals surface area contributed by atoms with E-state index in [9.17, 15) is 0 Å². The highest BCUT2D eigenvalue weighted by Crippen LogP contribution is 2.27. The first-order valence-electron chi connectivity index (χ1n) is 7.25. The number of ether oxygens (including phenoxy) is 2. The van der Waals surface area contributed by atoms with Crippen LogP contribution in [0.2, 0.25) is 0 Å². The summed E-state index contributed by atoms with van der Waals surface area (Å²) in [7, 11) is 0. The smallest absolute Gasteiger partial charge is 0.278 e. The SMILES string of the molecule is Brc1nccs1.c1ccc(Oc2ccc(Oc3nccs3)cc2)cc1. The lowest BCUT2D eigenvalue weighted by Gasteiger charge is -2.06. The highest BCUT2D eigenvalue weighted by molar-refractivity contribution is 9.11. The van der Waals surface area contributed by atoms with Crippen LogP contribution in [-0.2, 0) is 0 Å². The zero-order valence-corrected chi connectivity index (χ0v) is 16.1. The summed E-state index contributed by atoms with van der Waals surface area (Å²) in [6.07, 6.45) is 3.47. The molecule has 0 aliphatic carbocycles. The summed E-state index contributed by atoms with van der Waals surface area (Å²) < 4.78 is 12.2. The lowest BCUT2D eigenvalue weighted by molar-refractivity contribution is 0.467. The van der Waals surface area contributed by atoms with Crippen LogP contribution in [0.3, 0.4) is 0 Å². The second-order valence-electron chi connectivity index (χ2n) is 4.57. The van der Waals surface area contributed by atoms with E-state index in [0.29, 0.717) is 5.19 Å². The van der Waals surface area contributed by atoms with Gasteiger partial charge in [-0.2, -0.15) is 0 Å². The molecule has 25 heavy (non-hydrogen) atoms. The molecule has 0 N–H and O–H groups in total. The number of benzene rings is 2. The Kier molecular flexibility index (Phi) is 6.55. The third kappa shape index (κ3) is 5.97. The fourth-order valence-corrected chi connectivity index (χ4v) is 3.07. The van der Waals surface area contributed by atoms with Crippen LogP contribution in [0.25, 0.3) is 0 Å². The molecule has 0 fully saturated rings. The van der Waals surface area contributed by atoms with Crippen LogP contribution in [-0.4, -0.2) is 9.97 Å². The zero-order chi connectivity index (χ0) is 17.3. The van der Waals surface area contributed by atoms with Gasteiger partial charge in [0.05, 0.1) is 0 Å². The first-order chi connectivity index (χ1) is 12.3. The van der Waals surface area contributed by atoms with Crippen LogP contribution in [0.1, 0.15) is 0 Å². The molecule has 126 valence electrons. The maximum atomic E-state index is 5.70. The van der Waals surface area contributed by atoms with Crippen LogP contribution >= 0.6 is 38.6 Å². The number of rotatable bonds is 4. The molecule has 0 saturated carbocycles. The zero-order valence-electron chi connectivity index (χ0n) is 12.9. The molecular formula is C18H13BrN2O2S2. The van der Waals surface area contributed by atoms with Gasteiger partial charge in [0.15, 0.2) is 3.92 Å². The molecule has 0 bridgehead atoms. The Morgan fingerprint density at radius 3 is 1.80 bits per heavy atom. The topological polar surface area (TPSA) is 44.2 Å². The fraction of sp³-hybridized carbons (Fsp3) is 0. The Hall–Kier alpha value is -2.22. The minimum absolute atomic E-state index is 0.636. The Labute approximate surface area is 161 Å². The third-order valence-corrected chi connectivity index (χ3v) is 4.79. The van der Waals surface area contributed by atoms with Gasteiger partial charge in [0.1, 0.15) is 17.2 Å². The van der Waals surface area contributed by atoms with Crippen LogP contribution in [0.4, 0.5) is 0 Å². The van der Waals surface area contributed by atoms with E-state index in [4.69, 9.17) is 9.47 Å². The summed E-state index contributed by atoms with van der Waals surface area (Å²) in [6, 6.07) is 17.1. The number of halogens is 1. The first kappa shape index (κ1) is 17.6. The summed E-state index contributed by atoms with van der Waals surface area (Å²) in [5.74, 6) is 2.34. The summed E-state index contributed by atoms with van der Waals surface area (Å²) in [5, 5.41) is 4.43. The number of thiazole rings is 2. The molecular weight excluding hydrogens is 420 g/mol. The second kappa shape index (κ2) is 9.31. The van der Waals surface area contributed by atoms with E-state index in [-0.39, 0.29) is 0 Å². The van der Waals surface area contributed by atoms with E-state index < -0.39 is 0 Å². The van der Waals surface area contributed by atoms with Crippen molar-refractivity contribution in [2.24, 2.45) is 0 Å². The Morgan fingerprint density at radius 2 is 1.28 bits per heavy atom. The minimum atomic E-state index is 0.636. The highest BCUT2D eigenvalue weighted by atomic mass is 79.9. The molecule has 0 saturated heterocycles. The molecule has 0 unspecified atom stereocenters. The van der Waals surface area contributed by atoms with Crippen LogP contribution in [0, 0.1) is 0 Å². The average molecular weight is 433 g/mol.